The summed E-state index contributed by atoms with van der Waals surface area (Å²) in [6, 6.07) is 10.5. The average Bonchev–Trinajstić information content (AvgIpc) is 2.48. The lowest BCUT2D eigenvalue weighted by molar-refractivity contribution is 0.0687. The van der Waals surface area contributed by atoms with Crippen LogP contribution in [-0.4, -0.2) is 25.8 Å². The fourth-order valence-corrected chi connectivity index (χ4v) is 2.31. The van der Waals surface area contributed by atoms with Gasteiger partial charge in [0.05, 0.1) is 11.1 Å². The maximum atomic E-state index is 12.2. The molecular weight excluding hydrogens is 338 g/mol. The summed E-state index contributed by atoms with van der Waals surface area (Å²) in [5.74, 6) is -1.37. The highest BCUT2D eigenvalue weighted by Crippen LogP contribution is 2.17. The molecule has 0 unspecified atom stereocenters. The highest BCUT2D eigenvalue weighted by atomic mass is 79.9. The number of aromatic carboxylic acids is 1. The van der Waals surface area contributed by atoms with E-state index in [0.717, 1.165) is 0 Å². The molecule has 7 heteroatoms. The fraction of sp³-hybridized carbons (Fsp3) is 0. The zero-order valence-electron chi connectivity index (χ0n) is 10.5. The maximum absolute atomic E-state index is 12.2. The number of hydrogen-bond acceptors (Lipinski definition) is 4. The van der Waals surface area contributed by atoms with Crippen molar-refractivity contribution in [2.45, 2.75) is 0 Å². The van der Waals surface area contributed by atoms with Crippen LogP contribution in [0.4, 0.5) is 0 Å². The molecule has 6 nitrogen and oxygen atoms in total. The number of carboxylic acid groups (broad SMARTS) is 1. The molecule has 21 heavy (non-hydrogen) atoms. The van der Waals surface area contributed by atoms with Gasteiger partial charge in [-0.15, -0.1) is 0 Å². The van der Waals surface area contributed by atoms with E-state index in [1.165, 1.54) is 16.9 Å². The van der Waals surface area contributed by atoms with Gasteiger partial charge in [0.2, 0.25) is 11.1 Å². The quantitative estimate of drug-likeness (QED) is 0.769. The number of carbonyl (C=O) groups is 1. The predicted octanol–water partition coefficient (Wildman–Crippen LogP) is 2.24. The van der Waals surface area contributed by atoms with Gasteiger partial charge in [0.25, 0.3) is 0 Å². The van der Waals surface area contributed by atoms with Gasteiger partial charge in [0.15, 0.2) is 5.65 Å². The Balaban J connectivity index is 2.47. The highest BCUT2D eigenvalue weighted by molar-refractivity contribution is 9.10. The lowest BCUT2D eigenvalue weighted by atomic mass is 10.2. The zero-order valence-corrected chi connectivity index (χ0v) is 12.1. The van der Waals surface area contributed by atoms with Crippen molar-refractivity contribution in [3.05, 3.63) is 63.0 Å². The van der Waals surface area contributed by atoms with Crippen molar-refractivity contribution < 1.29 is 9.90 Å². The lowest BCUT2D eigenvalue weighted by Crippen LogP contribution is -2.23. The van der Waals surface area contributed by atoms with Gasteiger partial charge in [-0.25, -0.2) is 14.5 Å². The molecule has 0 saturated heterocycles. The van der Waals surface area contributed by atoms with Gasteiger partial charge in [0.1, 0.15) is 0 Å². The summed E-state index contributed by atoms with van der Waals surface area (Å²) in [5.41, 5.74) is -0.260. The number of nitrogens with zero attached hydrogens (tertiary/aromatic N) is 3. The van der Waals surface area contributed by atoms with Crippen molar-refractivity contribution in [2.24, 2.45) is 0 Å². The minimum Gasteiger partial charge on any atom is -0.476 e. The fourth-order valence-electron chi connectivity index (χ4n) is 1.98. The smallest absolute Gasteiger partial charge is 0.360 e. The van der Waals surface area contributed by atoms with Crippen molar-refractivity contribution in [1.29, 1.82) is 0 Å². The van der Waals surface area contributed by atoms with Gasteiger partial charge in [-0.05, 0) is 34.1 Å². The second-order valence-electron chi connectivity index (χ2n) is 4.25. The van der Waals surface area contributed by atoms with E-state index in [9.17, 15) is 9.59 Å². The topological polar surface area (TPSA) is 85.1 Å². The standard InChI is InChI=1S/C14H8BrN3O3/c15-8-6-10-12(19)11(14(20)21)17-18(13(10)16-7-8)9-4-2-1-3-5-9/h1-7H,(H,20,21). The third-order valence-electron chi connectivity index (χ3n) is 2.90. The molecule has 0 aliphatic heterocycles. The van der Waals surface area contributed by atoms with Crippen LogP contribution in [0.3, 0.4) is 0 Å². The van der Waals surface area contributed by atoms with E-state index in [1.807, 2.05) is 6.07 Å². The molecule has 0 saturated carbocycles. The zero-order chi connectivity index (χ0) is 15.0. The number of pyridine rings is 1. The van der Waals surface area contributed by atoms with Crippen LogP contribution in [0.2, 0.25) is 0 Å². The van der Waals surface area contributed by atoms with Gasteiger partial charge in [0, 0.05) is 10.7 Å². The molecule has 2 heterocycles. The Kier molecular flexibility index (Phi) is 3.26. The number of fused-ring (bicyclic) bond motifs is 1. The van der Waals surface area contributed by atoms with Crippen molar-refractivity contribution >= 4 is 32.9 Å². The monoisotopic (exact) mass is 345 g/mol. The van der Waals surface area contributed by atoms with Gasteiger partial charge in [-0.2, -0.15) is 5.10 Å². The summed E-state index contributed by atoms with van der Waals surface area (Å²) in [6.45, 7) is 0. The number of halogens is 1. The minimum atomic E-state index is -1.37. The first-order chi connectivity index (χ1) is 10.1. The van der Waals surface area contributed by atoms with Crippen LogP contribution in [0, 0.1) is 0 Å². The summed E-state index contributed by atoms with van der Waals surface area (Å²) >= 11 is 3.23. The minimum absolute atomic E-state index is 0.195. The lowest BCUT2D eigenvalue weighted by Gasteiger charge is -2.09. The first kappa shape index (κ1) is 13.4. The summed E-state index contributed by atoms with van der Waals surface area (Å²) < 4.78 is 1.95. The van der Waals surface area contributed by atoms with E-state index >= 15 is 0 Å². The van der Waals surface area contributed by atoms with Gasteiger partial charge in [-0.1, -0.05) is 18.2 Å². The molecule has 0 aliphatic rings. The molecule has 1 aromatic carbocycles. The third kappa shape index (κ3) is 2.31. The predicted molar refractivity (Wildman–Crippen MR) is 79.8 cm³/mol. The van der Waals surface area contributed by atoms with Crippen LogP contribution in [0.1, 0.15) is 10.5 Å². The maximum Gasteiger partial charge on any atom is 0.360 e. The Morgan fingerprint density at radius 3 is 2.62 bits per heavy atom. The number of rotatable bonds is 2. The Hall–Kier alpha value is -2.54. The molecule has 104 valence electrons. The summed E-state index contributed by atoms with van der Waals surface area (Å²) in [7, 11) is 0. The molecule has 2 aromatic heterocycles. The van der Waals surface area contributed by atoms with Crippen molar-refractivity contribution in [2.75, 3.05) is 0 Å². The molecule has 0 radical (unpaired) electrons. The van der Waals surface area contributed by atoms with E-state index in [0.29, 0.717) is 15.8 Å². The van der Waals surface area contributed by atoms with Crippen LogP contribution < -0.4 is 5.43 Å². The third-order valence-corrected chi connectivity index (χ3v) is 3.33. The van der Waals surface area contributed by atoms with E-state index in [1.54, 1.807) is 24.3 Å². The second kappa shape index (κ2) is 5.10. The van der Waals surface area contributed by atoms with E-state index in [-0.39, 0.29) is 5.39 Å². The SMILES string of the molecule is O=C(O)c1nn(-c2ccccc2)c2ncc(Br)cc2c1=O. The Labute approximate surface area is 126 Å². The van der Waals surface area contributed by atoms with Crippen LogP contribution in [0.15, 0.2) is 51.9 Å². The van der Waals surface area contributed by atoms with E-state index in [2.05, 4.69) is 26.0 Å². The van der Waals surface area contributed by atoms with Crippen LogP contribution in [-0.2, 0) is 0 Å². The number of carboxylic acids is 1. The molecule has 1 N–H and O–H groups in total. The first-order valence-corrected chi connectivity index (χ1v) is 6.74. The molecule has 0 atom stereocenters. The summed E-state index contributed by atoms with van der Waals surface area (Å²) in [4.78, 5) is 27.6. The van der Waals surface area contributed by atoms with Crippen LogP contribution in [0.25, 0.3) is 16.7 Å². The van der Waals surface area contributed by atoms with Crippen LogP contribution in [0.5, 0.6) is 0 Å². The van der Waals surface area contributed by atoms with Gasteiger partial charge in [-0.3, -0.25) is 4.79 Å². The van der Waals surface area contributed by atoms with Gasteiger partial charge < -0.3 is 5.11 Å². The Morgan fingerprint density at radius 1 is 1.24 bits per heavy atom. The Bertz CT molecular complexity index is 906. The van der Waals surface area contributed by atoms with Gasteiger partial charge >= 0.3 is 5.97 Å². The summed E-state index contributed by atoms with van der Waals surface area (Å²) in [6.07, 6.45) is 1.53. The van der Waals surface area contributed by atoms with Crippen LogP contribution >= 0.6 is 15.9 Å². The Morgan fingerprint density at radius 2 is 1.95 bits per heavy atom. The van der Waals surface area contributed by atoms with Crippen molar-refractivity contribution in [3.63, 3.8) is 0 Å². The first-order valence-electron chi connectivity index (χ1n) is 5.95. The van der Waals surface area contributed by atoms with E-state index in [4.69, 9.17) is 5.11 Å². The molecule has 3 aromatic rings. The van der Waals surface area contributed by atoms with Crippen molar-refractivity contribution in [1.82, 2.24) is 14.8 Å². The largest absolute Gasteiger partial charge is 0.476 e. The highest BCUT2D eigenvalue weighted by Gasteiger charge is 2.18. The summed E-state index contributed by atoms with van der Waals surface area (Å²) in [5, 5.41) is 13.3. The molecular formula is C14H8BrN3O3. The second-order valence-corrected chi connectivity index (χ2v) is 5.17. The molecule has 0 aliphatic carbocycles. The number of benzene rings is 1. The molecule has 0 amide bonds. The molecule has 0 bridgehead atoms. The molecule has 3 rings (SSSR count). The number of aromatic nitrogens is 3. The average molecular weight is 346 g/mol. The number of hydrogen-bond donors (Lipinski definition) is 1. The molecule has 0 spiro atoms. The normalized spacial score (nSPS) is 10.7. The molecule has 0 fully saturated rings. The number of para-hydroxylation sites is 1. The van der Waals surface area contributed by atoms with E-state index < -0.39 is 17.1 Å². The van der Waals surface area contributed by atoms with Crippen molar-refractivity contribution in [3.8, 4) is 5.69 Å².